The minimum atomic E-state index is -0.00924. The molecule has 0 fully saturated rings. The number of aromatic nitrogens is 2. The number of aliphatic hydroxyl groups excluding tert-OH is 1. The monoisotopic (exact) mass is 210 g/mol. The van der Waals surface area contributed by atoms with Gasteiger partial charge < -0.3 is 5.11 Å². The van der Waals surface area contributed by atoms with Gasteiger partial charge in [0, 0.05) is 17.0 Å². The van der Waals surface area contributed by atoms with Gasteiger partial charge in [-0.25, -0.2) is 0 Å². The first-order valence-electron chi connectivity index (χ1n) is 4.52. The van der Waals surface area contributed by atoms with Gasteiger partial charge in [0.05, 0.1) is 17.8 Å². The molecule has 0 saturated carbocycles. The Balaban J connectivity index is 2.74. The molecular weight excluding hydrogens is 200 g/mol. The summed E-state index contributed by atoms with van der Waals surface area (Å²) in [5.41, 5.74) is 1.70. The van der Waals surface area contributed by atoms with Crippen molar-refractivity contribution in [3.63, 3.8) is 0 Å². The summed E-state index contributed by atoms with van der Waals surface area (Å²) in [4.78, 5) is 0. The van der Waals surface area contributed by atoms with Gasteiger partial charge in [-0.05, 0) is 25.1 Å². The summed E-state index contributed by atoms with van der Waals surface area (Å²) in [7, 11) is 0. The van der Waals surface area contributed by atoms with Gasteiger partial charge in [-0.15, -0.1) is 0 Å². The van der Waals surface area contributed by atoms with Gasteiger partial charge in [0.25, 0.3) is 0 Å². The Morgan fingerprint density at radius 2 is 2.29 bits per heavy atom. The molecular formula is C10H11ClN2O. The van der Waals surface area contributed by atoms with E-state index in [1.807, 2.05) is 19.1 Å². The van der Waals surface area contributed by atoms with Crippen molar-refractivity contribution in [1.82, 2.24) is 9.78 Å². The first kappa shape index (κ1) is 9.49. The van der Waals surface area contributed by atoms with Crippen molar-refractivity contribution in [2.75, 3.05) is 0 Å². The smallest absolute Gasteiger partial charge is 0.0928 e. The molecule has 4 heteroatoms. The molecule has 0 bridgehead atoms. The molecule has 0 radical (unpaired) electrons. The molecule has 0 aliphatic carbocycles. The van der Waals surface area contributed by atoms with Crippen LogP contribution in [0.25, 0.3) is 10.9 Å². The van der Waals surface area contributed by atoms with Gasteiger partial charge in [-0.2, -0.15) is 5.10 Å². The Kier molecular flexibility index (Phi) is 2.44. The third-order valence-electron chi connectivity index (χ3n) is 2.26. The number of halogens is 1. The fourth-order valence-electron chi connectivity index (χ4n) is 1.58. The molecule has 1 aromatic carbocycles. The normalized spacial score (nSPS) is 11.1. The lowest BCUT2D eigenvalue weighted by atomic mass is 10.2. The van der Waals surface area contributed by atoms with Crippen LogP contribution in [0.5, 0.6) is 0 Å². The van der Waals surface area contributed by atoms with Gasteiger partial charge in [-0.3, -0.25) is 4.68 Å². The lowest BCUT2D eigenvalue weighted by Gasteiger charge is -2.00. The third-order valence-corrected chi connectivity index (χ3v) is 2.49. The molecule has 0 unspecified atom stereocenters. The average molecular weight is 211 g/mol. The zero-order chi connectivity index (χ0) is 10.1. The van der Waals surface area contributed by atoms with Crippen molar-refractivity contribution in [1.29, 1.82) is 0 Å². The zero-order valence-corrected chi connectivity index (χ0v) is 8.62. The number of rotatable bonds is 2. The maximum atomic E-state index is 9.22. The van der Waals surface area contributed by atoms with Gasteiger partial charge in [0.2, 0.25) is 0 Å². The highest BCUT2D eigenvalue weighted by atomic mass is 35.5. The Labute approximate surface area is 86.9 Å². The standard InChI is InChI=1S/C10H11ClN2O/c1-2-13-10(6-14)8-5-7(11)3-4-9(8)12-13/h3-5,14H,2,6H2,1H3. The van der Waals surface area contributed by atoms with E-state index in [-0.39, 0.29) is 6.61 Å². The largest absolute Gasteiger partial charge is 0.390 e. The van der Waals surface area contributed by atoms with Crippen molar-refractivity contribution in [3.05, 3.63) is 28.9 Å². The van der Waals surface area contributed by atoms with Gasteiger partial charge in [0.15, 0.2) is 0 Å². The van der Waals surface area contributed by atoms with Crippen LogP contribution in [0.4, 0.5) is 0 Å². The van der Waals surface area contributed by atoms with Gasteiger partial charge in [-0.1, -0.05) is 11.6 Å². The van der Waals surface area contributed by atoms with Crippen LogP contribution in [0.2, 0.25) is 5.02 Å². The highest BCUT2D eigenvalue weighted by Gasteiger charge is 2.08. The molecule has 74 valence electrons. The number of benzene rings is 1. The van der Waals surface area contributed by atoms with E-state index >= 15 is 0 Å². The van der Waals surface area contributed by atoms with E-state index in [2.05, 4.69) is 5.10 Å². The summed E-state index contributed by atoms with van der Waals surface area (Å²) in [5.74, 6) is 0. The number of aryl methyl sites for hydroxylation is 1. The lowest BCUT2D eigenvalue weighted by molar-refractivity contribution is 0.270. The first-order chi connectivity index (χ1) is 6.76. The van der Waals surface area contributed by atoms with E-state index in [1.54, 1.807) is 10.7 Å². The minimum absolute atomic E-state index is 0.00924. The predicted molar refractivity (Wildman–Crippen MR) is 56.3 cm³/mol. The molecule has 3 nitrogen and oxygen atoms in total. The van der Waals surface area contributed by atoms with Gasteiger partial charge in [0.1, 0.15) is 0 Å². The average Bonchev–Trinajstić information content (AvgIpc) is 2.54. The van der Waals surface area contributed by atoms with Crippen LogP contribution >= 0.6 is 11.6 Å². The van der Waals surface area contributed by atoms with Crippen molar-refractivity contribution in [3.8, 4) is 0 Å². The molecule has 0 atom stereocenters. The molecule has 0 spiro atoms. The van der Waals surface area contributed by atoms with Crippen LogP contribution in [-0.2, 0) is 13.2 Å². The summed E-state index contributed by atoms with van der Waals surface area (Å²) in [6.45, 7) is 2.74. The van der Waals surface area contributed by atoms with E-state index in [0.29, 0.717) is 5.02 Å². The molecule has 1 heterocycles. The predicted octanol–water partition coefficient (Wildman–Crippen LogP) is 2.20. The summed E-state index contributed by atoms with van der Waals surface area (Å²) in [6.07, 6.45) is 0. The van der Waals surface area contributed by atoms with E-state index in [1.165, 1.54) is 0 Å². The Hall–Kier alpha value is -1.06. The molecule has 14 heavy (non-hydrogen) atoms. The van der Waals surface area contributed by atoms with E-state index in [4.69, 9.17) is 11.6 Å². The zero-order valence-electron chi connectivity index (χ0n) is 7.87. The second-order valence-corrected chi connectivity index (χ2v) is 3.52. The Morgan fingerprint density at radius 1 is 1.50 bits per heavy atom. The quantitative estimate of drug-likeness (QED) is 0.825. The highest BCUT2D eigenvalue weighted by molar-refractivity contribution is 6.31. The second-order valence-electron chi connectivity index (χ2n) is 3.08. The van der Waals surface area contributed by atoms with Crippen LogP contribution in [0.3, 0.4) is 0 Å². The number of aliphatic hydroxyl groups is 1. The van der Waals surface area contributed by atoms with Crippen LogP contribution in [-0.4, -0.2) is 14.9 Å². The van der Waals surface area contributed by atoms with Crippen LogP contribution < -0.4 is 0 Å². The third kappa shape index (κ3) is 1.38. The first-order valence-corrected chi connectivity index (χ1v) is 4.90. The maximum absolute atomic E-state index is 9.22. The topological polar surface area (TPSA) is 38.0 Å². The molecule has 1 N–H and O–H groups in total. The van der Waals surface area contributed by atoms with Crippen LogP contribution in [0.1, 0.15) is 12.6 Å². The summed E-state index contributed by atoms with van der Waals surface area (Å²) < 4.78 is 1.79. The molecule has 0 amide bonds. The summed E-state index contributed by atoms with van der Waals surface area (Å²) in [5, 5.41) is 15.2. The molecule has 2 aromatic rings. The van der Waals surface area contributed by atoms with Crippen molar-refractivity contribution in [2.45, 2.75) is 20.1 Å². The number of nitrogens with zero attached hydrogens (tertiary/aromatic N) is 2. The second kappa shape index (κ2) is 3.59. The van der Waals surface area contributed by atoms with E-state index < -0.39 is 0 Å². The van der Waals surface area contributed by atoms with Crippen molar-refractivity contribution in [2.24, 2.45) is 0 Å². The number of fused-ring (bicyclic) bond motifs is 1. The lowest BCUT2D eigenvalue weighted by Crippen LogP contribution is -2.01. The Bertz CT molecular complexity index is 464. The molecule has 0 aliphatic heterocycles. The van der Waals surface area contributed by atoms with Gasteiger partial charge >= 0.3 is 0 Å². The molecule has 0 saturated heterocycles. The van der Waals surface area contributed by atoms with E-state index in [0.717, 1.165) is 23.1 Å². The molecule has 1 aromatic heterocycles. The fourth-order valence-corrected chi connectivity index (χ4v) is 1.76. The fraction of sp³-hybridized carbons (Fsp3) is 0.300. The maximum Gasteiger partial charge on any atom is 0.0928 e. The molecule has 0 aliphatic rings. The SMILES string of the molecule is CCn1nc2ccc(Cl)cc2c1CO. The Morgan fingerprint density at radius 3 is 2.93 bits per heavy atom. The minimum Gasteiger partial charge on any atom is -0.390 e. The van der Waals surface area contributed by atoms with Crippen LogP contribution in [0.15, 0.2) is 18.2 Å². The van der Waals surface area contributed by atoms with Crippen LogP contribution in [0, 0.1) is 0 Å². The van der Waals surface area contributed by atoms with Crippen molar-refractivity contribution < 1.29 is 5.11 Å². The number of hydrogen-bond acceptors (Lipinski definition) is 2. The summed E-state index contributed by atoms with van der Waals surface area (Å²) >= 11 is 5.88. The van der Waals surface area contributed by atoms with E-state index in [9.17, 15) is 5.11 Å². The summed E-state index contributed by atoms with van der Waals surface area (Å²) in [6, 6.07) is 5.50. The molecule has 2 rings (SSSR count). The highest BCUT2D eigenvalue weighted by Crippen LogP contribution is 2.22. The van der Waals surface area contributed by atoms with Crippen molar-refractivity contribution >= 4 is 22.5 Å². The number of hydrogen-bond donors (Lipinski definition) is 1.